The van der Waals surface area contributed by atoms with Crippen LogP contribution in [-0.4, -0.2) is 12.0 Å². The highest BCUT2D eigenvalue weighted by Gasteiger charge is 2.13. The van der Waals surface area contributed by atoms with Crippen LogP contribution in [0.5, 0.6) is 5.75 Å². The lowest BCUT2D eigenvalue weighted by atomic mass is 10.2. The van der Waals surface area contributed by atoms with Gasteiger partial charge in [-0.1, -0.05) is 42.0 Å². The summed E-state index contributed by atoms with van der Waals surface area (Å²) >= 11 is 0. The van der Waals surface area contributed by atoms with Crippen LogP contribution < -0.4 is 10.5 Å². The van der Waals surface area contributed by atoms with E-state index in [1.165, 1.54) is 24.8 Å². The molecule has 2 aromatic rings. The topological polar surface area (TPSA) is 78.4 Å². The Bertz CT molecular complexity index is 542. The number of nitro groups is 1. The highest BCUT2D eigenvalue weighted by molar-refractivity contribution is 5.66. The van der Waals surface area contributed by atoms with Gasteiger partial charge >= 0.3 is 0 Å². The Morgan fingerprint density at radius 3 is 2.16 bits per heavy atom. The summed E-state index contributed by atoms with van der Waals surface area (Å²) in [7, 11) is 1.41. The van der Waals surface area contributed by atoms with Gasteiger partial charge in [-0.25, -0.2) is 0 Å². The van der Waals surface area contributed by atoms with Crippen LogP contribution in [0.25, 0.3) is 0 Å². The zero-order valence-corrected chi connectivity index (χ0v) is 10.9. The van der Waals surface area contributed by atoms with E-state index in [1.54, 1.807) is 6.07 Å². The summed E-state index contributed by atoms with van der Waals surface area (Å²) in [5, 5.41) is 10.4. The molecule has 0 saturated heterocycles. The molecule has 0 heterocycles. The van der Waals surface area contributed by atoms with Crippen molar-refractivity contribution >= 4 is 11.4 Å². The number of nitrogens with zero attached hydrogens (tertiary/aromatic N) is 1. The first kappa shape index (κ1) is 14.5. The Morgan fingerprint density at radius 1 is 1.11 bits per heavy atom. The van der Waals surface area contributed by atoms with Crippen molar-refractivity contribution in [1.29, 1.82) is 0 Å². The van der Waals surface area contributed by atoms with Crippen LogP contribution >= 0.6 is 0 Å². The molecule has 5 heteroatoms. The second kappa shape index (κ2) is 7.00. The smallest absolute Gasteiger partial charge is 0.295 e. The molecule has 19 heavy (non-hydrogen) atoms. The summed E-state index contributed by atoms with van der Waals surface area (Å²) in [6.07, 6.45) is 0. The van der Waals surface area contributed by atoms with Crippen LogP contribution in [-0.2, 0) is 0 Å². The van der Waals surface area contributed by atoms with Crippen molar-refractivity contribution in [1.82, 2.24) is 0 Å². The van der Waals surface area contributed by atoms with Crippen LogP contribution in [0.4, 0.5) is 11.4 Å². The standard InChI is InChI=1S/C7H8N2O3.C7H8/c1-12-6-4-2-3-5(7(6)8)9(10)11;1-7-5-3-2-4-6-7/h2-4H,8H2,1H3;2-6H,1H3. The molecule has 100 valence electrons. The van der Waals surface area contributed by atoms with Gasteiger partial charge < -0.3 is 10.5 Å². The first-order valence-electron chi connectivity index (χ1n) is 5.64. The normalized spacial score (nSPS) is 9.16. The van der Waals surface area contributed by atoms with Crippen molar-refractivity contribution in [3.05, 3.63) is 64.2 Å². The molecule has 0 spiro atoms. The maximum atomic E-state index is 10.4. The van der Waals surface area contributed by atoms with Crippen LogP contribution in [0.15, 0.2) is 48.5 Å². The van der Waals surface area contributed by atoms with Gasteiger partial charge in [0.15, 0.2) is 5.69 Å². The van der Waals surface area contributed by atoms with E-state index in [4.69, 9.17) is 10.5 Å². The summed E-state index contributed by atoms with van der Waals surface area (Å²) in [4.78, 5) is 9.82. The summed E-state index contributed by atoms with van der Waals surface area (Å²) in [6.45, 7) is 2.08. The van der Waals surface area contributed by atoms with Crippen LogP contribution in [0.2, 0.25) is 0 Å². The largest absolute Gasteiger partial charge is 0.494 e. The number of para-hydroxylation sites is 1. The minimum Gasteiger partial charge on any atom is -0.494 e. The zero-order chi connectivity index (χ0) is 14.3. The predicted octanol–water partition coefficient (Wildman–Crippen LogP) is 3.18. The van der Waals surface area contributed by atoms with Gasteiger partial charge in [-0.15, -0.1) is 0 Å². The van der Waals surface area contributed by atoms with Gasteiger partial charge in [0.1, 0.15) is 5.75 Å². The quantitative estimate of drug-likeness (QED) is 0.511. The van der Waals surface area contributed by atoms with E-state index in [0.717, 1.165) is 0 Å². The fourth-order valence-corrected chi connectivity index (χ4v) is 1.40. The molecular formula is C14H16N2O3. The molecule has 5 nitrogen and oxygen atoms in total. The molecule has 0 aliphatic heterocycles. The molecule has 2 N–H and O–H groups in total. The molecule has 2 rings (SSSR count). The van der Waals surface area contributed by atoms with E-state index in [-0.39, 0.29) is 11.4 Å². The van der Waals surface area contributed by atoms with Gasteiger partial charge in [-0.3, -0.25) is 10.1 Å². The van der Waals surface area contributed by atoms with Crippen molar-refractivity contribution in [2.45, 2.75) is 6.92 Å². The second-order valence-electron chi connectivity index (χ2n) is 3.80. The van der Waals surface area contributed by atoms with Crippen molar-refractivity contribution < 1.29 is 9.66 Å². The van der Waals surface area contributed by atoms with Gasteiger partial charge in [0.05, 0.1) is 12.0 Å². The van der Waals surface area contributed by atoms with Crippen molar-refractivity contribution in [2.24, 2.45) is 0 Å². The van der Waals surface area contributed by atoms with Gasteiger partial charge in [0.25, 0.3) is 5.69 Å². The van der Waals surface area contributed by atoms with Crippen molar-refractivity contribution in [3.63, 3.8) is 0 Å². The minimum atomic E-state index is -0.544. The molecule has 0 amide bonds. The number of hydrogen-bond acceptors (Lipinski definition) is 4. The van der Waals surface area contributed by atoms with Crippen LogP contribution in [0, 0.1) is 17.0 Å². The van der Waals surface area contributed by atoms with E-state index >= 15 is 0 Å². The molecule has 0 unspecified atom stereocenters. The number of hydrogen-bond donors (Lipinski definition) is 1. The number of anilines is 1. The molecule has 0 aliphatic carbocycles. The average molecular weight is 260 g/mol. The van der Waals surface area contributed by atoms with Crippen LogP contribution in [0.3, 0.4) is 0 Å². The Balaban J connectivity index is 0.000000218. The lowest BCUT2D eigenvalue weighted by Gasteiger charge is -2.02. The number of nitrogen functional groups attached to an aromatic ring is 1. The molecule has 0 aromatic heterocycles. The average Bonchev–Trinajstić information content (AvgIpc) is 2.40. The van der Waals surface area contributed by atoms with E-state index in [0.29, 0.717) is 5.75 Å². The number of rotatable bonds is 2. The van der Waals surface area contributed by atoms with Crippen molar-refractivity contribution in [2.75, 3.05) is 12.8 Å². The zero-order valence-electron chi connectivity index (χ0n) is 10.9. The summed E-state index contributed by atoms with van der Waals surface area (Å²) in [5.74, 6) is 0.323. The van der Waals surface area contributed by atoms with Crippen molar-refractivity contribution in [3.8, 4) is 5.75 Å². The number of nitro benzene ring substituents is 1. The lowest BCUT2D eigenvalue weighted by Crippen LogP contribution is -1.98. The third-order valence-electron chi connectivity index (χ3n) is 2.40. The minimum absolute atomic E-state index is 0.0602. The highest BCUT2D eigenvalue weighted by Crippen LogP contribution is 2.30. The van der Waals surface area contributed by atoms with Gasteiger partial charge in [0.2, 0.25) is 0 Å². The Kier molecular flexibility index (Phi) is 5.35. The first-order valence-corrected chi connectivity index (χ1v) is 5.64. The number of nitrogens with two attached hydrogens (primary N) is 1. The molecule has 0 fully saturated rings. The second-order valence-corrected chi connectivity index (χ2v) is 3.80. The number of aryl methyl sites for hydroxylation is 1. The molecule has 0 atom stereocenters. The SMILES string of the molecule is COc1cccc([N+](=O)[O-])c1N.Cc1ccccc1. The molecule has 0 aliphatic rings. The van der Waals surface area contributed by atoms with Gasteiger partial charge in [-0.2, -0.15) is 0 Å². The Morgan fingerprint density at radius 2 is 1.74 bits per heavy atom. The Hall–Kier alpha value is -2.56. The molecule has 2 aromatic carbocycles. The molecule has 0 radical (unpaired) electrons. The summed E-state index contributed by atoms with van der Waals surface area (Å²) in [5.41, 5.74) is 6.68. The number of methoxy groups -OCH3 is 1. The summed E-state index contributed by atoms with van der Waals surface area (Å²) < 4.78 is 4.81. The van der Waals surface area contributed by atoms with Crippen LogP contribution in [0.1, 0.15) is 5.56 Å². The number of benzene rings is 2. The maximum Gasteiger partial charge on any atom is 0.295 e. The molecular weight excluding hydrogens is 244 g/mol. The summed E-state index contributed by atoms with van der Waals surface area (Å²) in [6, 6.07) is 14.7. The monoisotopic (exact) mass is 260 g/mol. The van der Waals surface area contributed by atoms with Gasteiger partial charge in [0, 0.05) is 6.07 Å². The van der Waals surface area contributed by atoms with E-state index < -0.39 is 4.92 Å². The fraction of sp³-hybridized carbons (Fsp3) is 0.143. The lowest BCUT2D eigenvalue weighted by molar-refractivity contribution is -0.383. The van der Waals surface area contributed by atoms with E-state index in [2.05, 4.69) is 19.1 Å². The predicted molar refractivity (Wildman–Crippen MR) is 75.2 cm³/mol. The van der Waals surface area contributed by atoms with Gasteiger partial charge in [-0.05, 0) is 13.0 Å². The van der Waals surface area contributed by atoms with E-state index in [1.807, 2.05) is 18.2 Å². The molecule has 0 saturated carbocycles. The third kappa shape index (κ3) is 4.31. The fourth-order valence-electron chi connectivity index (χ4n) is 1.40. The van der Waals surface area contributed by atoms with E-state index in [9.17, 15) is 10.1 Å². The first-order chi connectivity index (χ1) is 9.06. The Labute approximate surface area is 111 Å². The molecule has 0 bridgehead atoms. The number of ether oxygens (including phenoxy) is 1. The maximum absolute atomic E-state index is 10.4. The third-order valence-corrected chi connectivity index (χ3v) is 2.40. The highest BCUT2D eigenvalue weighted by atomic mass is 16.6.